The van der Waals surface area contributed by atoms with Gasteiger partial charge in [-0.05, 0) is 61.4 Å². The molecule has 0 spiro atoms. The minimum Gasteiger partial charge on any atom is -0.242 e. The summed E-state index contributed by atoms with van der Waals surface area (Å²) < 4.78 is 16.5. The highest BCUT2D eigenvalue weighted by Crippen LogP contribution is 2.59. The minimum atomic E-state index is -1.19. The molecule has 4 heteroatoms. The Balaban J connectivity index is 2.77. The third-order valence-corrected chi connectivity index (χ3v) is 10.3. The molecular formula is C27H42NOPS. The Morgan fingerprint density at radius 2 is 1.29 bits per heavy atom. The van der Waals surface area contributed by atoms with Crippen LogP contribution in [0.25, 0.3) is 0 Å². The molecule has 0 heterocycles. The molecule has 0 radical (unpaired) electrons. The first-order chi connectivity index (χ1) is 14.0. The van der Waals surface area contributed by atoms with Crippen molar-refractivity contribution in [3.8, 4) is 0 Å². The van der Waals surface area contributed by atoms with Crippen LogP contribution in [0.4, 0.5) is 0 Å². The highest BCUT2D eigenvalue weighted by Gasteiger charge is 2.38. The first kappa shape index (κ1) is 26.2. The van der Waals surface area contributed by atoms with E-state index < -0.39 is 18.9 Å². The maximum Gasteiger partial charge on any atom is 0.0979 e. The van der Waals surface area contributed by atoms with E-state index in [9.17, 15) is 4.21 Å². The molecule has 0 bridgehead atoms. The fraction of sp³-hybridized carbons (Fsp3) is 0.556. The first-order valence-corrected chi connectivity index (χ1v) is 13.7. The van der Waals surface area contributed by atoms with E-state index >= 15 is 0 Å². The van der Waals surface area contributed by atoms with Crippen LogP contribution in [-0.4, -0.2) is 19.3 Å². The first-order valence-electron chi connectivity index (χ1n) is 11.2. The van der Waals surface area contributed by atoms with E-state index in [0.29, 0.717) is 0 Å². The summed E-state index contributed by atoms with van der Waals surface area (Å²) in [7, 11) is -1.68. The predicted molar refractivity (Wildman–Crippen MR) is 141 cm³/mol. The summed E-state index contributed by atoms with van der Waals surface area (Å²) in [5, 5.41) is 1.71. The van der Waals surface area contributed by atoms with E-state index in [2.05, 4.69) is 103 Å². The second-order valence-electron chi connectivity index (χ2n) is 11.6. The number of aryl methyl sites for hydroxylation is 2. The second kappa shape index (κ2) is 9.46. The Hall–Kier alpha value is -1.02. The Morgan fingerprint density at radius 3 is 1.74 bits per heavy atom. The maximum atomic E-state index is 13.3. The third kappa shape index (κ3) is 6.73. The van der Waals surface area contributed by atoms with Crippen LogP contribution in [0.3, 0.4) is 0 Å². The molecule has 0 fully saturated rings. The number of nitrogens with one attached hydrogen (secondary N) is 1. The van der Waals surface area contributed by atoms with Crippen molar-refractivity contribution in [1.29, 1.82) is 0 Å². The molecule has 2 rings (SSSR count). The molecule has 0 aliphatic carbocycles. The van der Waals surface area contributed by atoms with Gasteiger partial charge in [0.2, 0.25) is 0 Å². The molecule has 172 valence electrons. The van der Waals surface area contributed by atoms with Gasteiger partial charge in [0, 0.05) is 0 Å². The van der Waals surface area contributed by atoms with Gasteiger partial charge in [0.1, 0.15) is 0 Å². The lowest BCUT2D eigenvalue weighted by molar-refractivity contribution is 0.623. The van der Waals surface area contributed by atoms with Crippen molar-refractivity contribution in [3.63, 3.8) is 0 Å². The highest BCUT2D eigenvalue weighted by molar-refractivity contribution is 7.84. The van der Waals surface area contributed by atoms with Gasteiger partial charge in [-0.1, -0.05) is 103 Å². The smallest absolute Gasteiger partial charge is 0.0979 e. The summed E-state index contributed by atoms with van der Waals surface area (Å²) in [6.45, 7) is 24.5. The fourth-order valence-electron chi connectivity index (χ4n) is 4.44. The Bertz CT molecular complexity index is 897. The summed E-state index contributed by atoms with van der Waals surface area (Å²) in [6, 6.07) is 15.4. The number of benzene rings is 2. The Labute approximate surface area is 195 Å². The lowest BCUT2D eigenvalue weighted by Gasteiger charge is -2.43. The largest absolute Gasteiger partial charge is 0.242 e. The number of hydrogen-bond donors (Lipinski definition) is 1. The van der Waals surface area contributed by atoms with Crippen molar-refractivity contribution in [2.45, 2.75) is 97.3 Å². The predicted octanol–water partition coefficient (Wildman–Crippen LogP) is 7.15. The van der Waals surface area contributed by atoms with Gasteiger partial charge in [-0.15, -0.1) is 0 Å². The van der Waals surface area contributed by atoms with Gasteiger partial charge in [0.25, 0.3) is 0 Å². The molecule has 2 nitrogen and oxygen atoms in total. The van der Waals surface area contributed by atoms with Crippen LogP contribution >= 0.6 is 7.92 Å². The van der Waals surface area contributed by atoms with Crippen LogP contribution in [0.15, 0.2) is 42.5 Å². The summed E-state index contributed by atoms with van der Waals surface area (Å²) in [5.74, 6) is 0. The molecule has 0 saturated heterocycles. The van der Waals surface area contributed by atoms with Crippen molar-refractivity contribution < 1.29 is 4.21 Å². The average molecular weight is 460 g/mol. The normalized spacial score (nSPS) is 15.2. The van der Waals surface area contributed by atoms with E-state index in [1.807, 2.05) is 20.8 Å². The molecule has 0 aromatic heterocycles. The van der Waals surface area contributed by atoms with E-state index in [4.69, 9.17) is 0 Å². The average Bonchev–Trinajstić information content (AvgIpc) is 2.56. The summed E-state index contributed by atoms with van der Waals surface area (Å²) in [4.78, 5) is 0. The summed E-state index contributed by atoms with van der Waals surface area (Å²) in [5.41, 5.74) is 4.89. The van der Waals surface area contributed by atoms with Crippen molar-refractivity contribution in [2.24, 2.45) is 0 Å². The van der Waals surface area contributed by atoms with Gasteiger partial charge in [-0.3, -0.25) is 0 Å². The molecular weight excluding hydrogens is 417 g/mol. The fourth-order valence-corrected chi connectivity index (χ4v) is 9.42. The highest BCUT2D eigenvalue weighted by atomic mass is 32.2. The lowest BCUT2D eigenvalue weighted by atomic mass is 9.96. The zero-order chi connectivity index (χ0) is 23.8. The third-order valence-electron chi connectivity index (χ3n) is 5.19. The number of rotatable bonds is 5. The topological polar surface area (TPSA) is 29.1 Å². The van der Waals surface area contributed by atoms with Gasteiger partial charge in [0.05, 0.1) is 21.8 Å². The Kier molecular flexibility index (Phi) is 8.00. The maximum absolute atomic E-state index is 13.3. The van der Waals surface area contributed by atoms with Crippen LogP contribution in [0, 0.1) is 13.8 Å². The molecule has 0 saturated carbocycles. The van der Waals surface area contributed by atoms with Gasteiger partial charge >= 0.3 is 0 Å². The molecule has 0 unspecified atom stereocenters. The molecule has 0 aliphatic rings. The van der Waals surface area contributed by atoms with E-state index in [1.165, 1.54) is 27.6 Å². The second-order valence-corrected chi connectivity index (χ2v) is 17.4. The van der Waals surface area contributed by atoms with Crippen LogP contribution in [0.1, 0.15) is 90.6 Å². The van der Waals surface area contributed by atoms with E-state index in [-0.39, 0.29) is 21.1 Å². The van der Waals surface area contributed by atoms with Gasteiger partial charge in [-0.25, -0.2) is 8.93 Å². The lowest BCUT2D eigenvalue weighted by Crippen LogP contribution is -2.39. The van der Waals surface area contributed by atoms with Gasteiger partial charge in [-0.2, -0.15) is 0 Å². The molecule has 31 heavy (non-hydrogen) atoms. The molecule has 1 N–H and O–H groups in total. The summed E-state index contributed by atoms with van der Waals surface area (Å²) in [6.07, 6.45) is 0. The zero-order valence-electron chi connectivity index (χ0n) is 21.4. The monoisotopic (exact) mass is 459 g/mol. The minimum absolute atomic E-state index is 0.121. The van der Waals surface area contributed by atoms with Crippen molar-refractivity contribution in [1.82, 2.24) is 4.72 Å². The van der Waals surface area contributed by atoms with Gasteiger partial charge < -0.3 is 0 Å². The van der Waals surface area contributed by atoms with Crippen LogP contribution in [0.2, 0.25) is 0 Å². The van der Waals surface area contributed by atoms with E-state index in [0.717, 1.165) is 0 Å². The SMILES string of the molecule is Cc1cc(C)cc([C@H](N[S@](=O)C(C)(C)C)c2ccccc2P(C(C)(C)C)C(C)(C)C)c1. The van der Waals surface area contributed by atoms with E-state index in [1.54, 1.807) is 0 Å². The van der Waals surface area contributed by atoms with Crippen LogP contribution < -0.4 is 10.0 Å². The molecule has 2 aromatic carbocycles. The molecule has 2 atom stereocenters. The van der Waals surface area contributed by atoms with Crippen molar-refractivity contribution in [2.75, 3.05) is 0 Å². The summed E-state index contributed by atoms with van der Waals surface area (Å²) >= 11 is 0. The zero-order valence-corrected chi connectivity index (χ0v) is 23.1. The van der Waals surface area contributed by atoms with Crippen LogP contribution in [0.5, 0.6) is 0 Å². The standard InChI is InChI=1S/C27H42NOPS/c1-19-16-20(2)18-21(17-19)24(28-31(29)27(9,10)11)22-14-12-13-15-23(22)30(25(3,4)5)26(6,7)8/h12-18,24,28H,1-11H3/t24-,31+/m0/s1. The van der Waals surface area contributed by atoms with Crippen molar-refractivity contribution in [3.05, 3.63) is 64.7 Å². The van der Waals surface area contributed by atoms with Crippen LogP contribution in [-0.2, 0) is 11.0 Å². The molecule has 0 aliphatic heterocycles. The quantitative estimate of drug-likeness (QED) is 0.473. The molecule has 2 aromatic rings. The molecule has 0 amide bonds. The van der Waals surface area contributed by atoms with Crippen molar-refractivity contribution >= 4 is 24.2 Å². The van der Waals surface area contributed by atoms with Gasteiger partial charge in [0.15, 0.2) is 0 Å². The Morgan fingerprint density at radius 1 is 0.806 bits per heavy atom. The number of hydrogen-bond acceptors (Lipinski definition) is 1.